The van der Waals surface area contributed by atoms with Gasteiger partial charge in [0.1, 0.15) is 11.6 Å². The van der Waals surface area contributed by atoms with Crippen LogP contribution >= 0.6 is 0 Å². The summed E-state index contributed by atoms with van der Waals surface area (Å²) in [6.07, 6.45) is 5.35. The molecule has 264 valence electrons. The van der Waals surface area contributed by atoms with Crippen LogP contribution in [0.2, 0.25) is 0 Å². The topological polar surface area (TPSA) is 88.5 Å². The van der Waals surface area contributed by atoms with Crippen molar-refractivity contribution in [3.05, 3.63) is 46.5 Å². The highest BCUT2D eigenvalue weighted by Crippen LogP contribution is 2.44. The number of ether oxygens (including phenoxy) is 3. The van der Waals surface area contributed by atoms with Gasteiger partial charge in [-0.3, -0.25) is 23.8 Å². The maximum absolute atomic E-state index is 12.7. The zero-order valence-corrected chi connectivity index (χ0v) is 29.7. The Labute approximate surface area is 285 Å². The second-order valence-electron chi connectivity index (χ2n) is 14.8. The monoisotopic (exact) mass is 666 g/mol. The van der Waals surface area contributed by atoms with E-state index in [2.05, 4.69) is 37.5 Å². The number of halogens is 1. The van der Waals surface area contributed by atoms with E-state index in [4.69, 9.17) is 14.2 Å². The first kappa shape index (κ1) is 36.1. The molecule has 0 aliphatic carbocycles. The van der Waals surface area contributed by atoms with E-state index in [0.717, 1.165) is 57.4 Å². The number of carbonyl (C=O) groups excluding carboxylic acids is 2. The number of hydrogen-bond acceptors (Lipinski definition) is 8. The second-order valence-corrected chi connectivity index (χ2v) is 14.8. The molecule has 1 N–H and O–H groups in total. The van der Waals surface area contributed by atoms with E-state index < -0.39 is 6.67 Å². The van der Waals surface area contributed by atoms with Crippen molar-refractivity contribution < 1.29 is 33.3 Å². The lowest BCUT2D eigenvalue weighted by Gasteiger charge is -2.43. The molecule has 4 aliphatic heterocycles. The molecule has 4 unspecified atom stereocenters. The number of alkyl halides is 1. The number of Topliss-reactive ketones (excluding diaryl/α,β-unsaturated/α-hetero) is 2. The molecule has 9 heteroatoms. The van der Waals surface area contributed by atoms with Gasteiger partial charge >= 0.3 is 0 Å². The number of ketones is 2. The molecule has 0 amide bonds. The fourth-order valence-corrected chi connectivity index (χ4v) is 8.15. The number of benzene rings is 2. The number of carbonyl (C=O) groups is 2. The minimum atomic E-state index is -0.393. The maximum atomic E-state index is 12.7. The van der Waals surface area contributed by atoms with E-state index in [0.29, 0.717) is 66.5 Å². The van der Waals surface area contributed by atoms with E-state index in [1.54, 1.807) is 20.3 Å². The van der Waals surface area contributed by atoms with Crippen molar-refractivity contribution in [3.8, 4) is 23.0 Å². The Morgan fingerprint density at radius 1 is 0.771 bits per heavy atom. The van der Waals surface area contributed by atoms with Crippen LogP contribution in [0.1, 0.15) is 94.1 Å². The molecule has 4 atom stereocenters. The minimum absolute atomic E-state index is 0.122. The van der Waals surface area contributed by atoms with E-state index in [1.165, 1.54) is 16.7 Å². The first-order chi connectivity index (χ1) is 23.0. The number of rotatable bonds is 10. The molecule has 0 aromatic heterocycles. The molecule has 0 spiro atoms. The van der Waals surface area contributed by atoms with Crippen molar-refractivity contribution in [1.82, 2.24) is 9.80 Å². The van der Waals surface area contributed by atoms with Crippen LogP contribution in [0.25, 0.3) is 0 Å². The molecule has 8 nitrogen and oxygen atoms in total. The van der Waals surface area contributed by atoms with Gasteiger partial charge in [0.25, 0.3) is 0 Å². The third-order valence-corrected chi connectivity index (χ3v) is 10.5. The predicted octanol–water partition coefficient (Wildman–Crippen LogP) is 6.90. The van der Waals surface area contributed by atoms with Crippen molar-refractivity contribution in [2.75, 3.05) is 53.7 Å². The zero-order valence-electron chi connectivity index (χ0n) is 29.7. The molecule has 0 bridgehead atoms. The highest BCUT2D eigenvalue weighted by atomic mass is 19.1. The van der Waals surface area contributed by atoms with Crippen LogP contribution in [0.5, 0.6) is 23.0 Å². The summed E-state index contributed by atoms with van der Waals surface area (Å²) >= 11 is 0. The standard InChI is InChI=1S/C21H30FNO3.C18H25NO3/c1-14(2)9-16-13-23-7-5-15-10-20(25-3)21(26-8-4-6-22)11-17(15)18(23)12-19(16)24;1-11(2)6-13-10-19-5-4-12-7-18(22-3)17(21)8-14(12)15(19)9-16(13)20/h10-11,14,16,18H,4-9,12-13H2,1-3H3;7-8,11,13,15,21H,4-6,9-10H2,1-3H3. The highest BCUT2D eigenvalue weighted by Gasteiger charge is 2.40. The number of methoxy groups -OCH3 is 2. The summed E-state index contributed by atoms with van der Waals surface area (Å²) in [4.78, 5) is 30.1. The van der Waals surface area contributed by atoms with Crippen molar-refractivity contribution >= 4 is 11.6 Å². The summed E-state index contributed by atoms with van der Waals surface area (Å²) in [6, 6.07) is 8.01. The van der Waals surface area contributed by atoms with Crippen LogP contribution in [0.15, 0.2) is 24.3 Å². The number of piperidine rings is 2. The van der Waals surface area contributed by atoms with E-state index in [-0.39, 0.29) is 29.7 Å². The number of hydrogen-bond donors (Lipinski definition) is 1. The van der Waals surface area contributed by atoms with Crippen molar-refractivity contribution in [3.63, 3.8) is 0 Å². The lowest BCUT2D eigenvalue weighted by Crippen LogP contribution is -2.46. The lowest BCUT2D eigenvalue weighted by atomic mass is 9.80. The summed E-state index contributed by atoms with van der Waals surface area (Å²) in [7, 11) is 3.19. The van der Waals surface area contributed by atoms with Gasteiger partial charge in [0, 0.05) is 69.4 Å². The molecule has 2 fully saturated rings. The SMILES string of the molecule is COc1cc2c(cc1O)C1CC(=O)C(CC(C)C)CN1CC2.COc1cc2c(cc1OCCCF)C1CC(=O)C(CC(C)C)CN1CC2. The van der Waals surface area contributed by atoms with E-state index >= 15 is 0 Å². The van der Waals surface area contributed by atoms with Crippen LogP contribution in [-0.2, 0) is 22.4 Å². The number of phenolic OH excluding ortho intramolecular Hbond substituents is 1. The molecule has 4 aliphatic rings. The minimum Gasteiger partial charge on any atom is -0.504 e. The zero-order chi connectivity index (χ0) is 34.5. The van der Waals surface area contributed by atoms with Gasteiger partial charge in [-0.1, -0.05) is 27.7 Å². The van der Waals surface area contributed by atoms with Crippen molar-refractivity contribution in [2.24, 2.45) is 23.7 Å². The Balaban J connectivity index is 0.000000190. The summed E-state index contributed by atoms with van der Waals surface area (Å²) in [6.45, 7) is 12.3. The van der Waals surface area contributed by atoms with Gasteiger partial charge in [-0.25, -0.2) is 0 Å². The van der Waals surface area contributed by atoms with Crippen LogP contribution in [0, 0.1) is 23.7 Å². The largest absolute Gasteiger partial charge is 0.504 e. The predicted molar refractivity (Wildman–Crippen MR) is 185 cm³/mol. The summed E-state index contributed by atoms with van der Waals surface area (Å²) < 4.78 is 28.8. The van der Waals surface area contributed by atoms with Gasteiger partial charge in [-0.15, -0.1) is 0 Å². The van der Waals surface area contributed by atoms with Gasteiger partial charge in [0.2, 0.25) is 0 Å². The Morgan fingerprint density at radius 3 is 1.75 bits per heavy atom. The Bertz CT molecular complexity index is 1440. The van der Waals surface area contributed by atoms with Gasteiger partial charge in [0.15, 0.2) is 23.0 Å². The van der Waals surface area contributed by atoms with E-state index in [1.807, 2.05) is 18.2 Å². The normalized spacial score (nSPS) is 23.9. The van der Waals surface area contributed by atoms with E-state index in [9.17, 15) is 19.1 Å². The summed E-state index contributed by atoms with van der Waals surface area (Å²) in [5.41, 5.74) is 4.70. The van der Waals surface area contributed by atoms with Crippen LogP contribution < -0.4 is 14.2 Å². The molecule has 4 heterocycles. The molecule has 0 radical (unpaired) electrons. The Hall–Kier alpha value is -3.17. The Kier molecular flexibility index (Phi) is 12.1. The maximum Gasteiger partial charge on any atom is 0.161 e. The van der Waals surface area contributed by atoms with Crippen molar-refractivity contribution in [1.29, 1.82) is 0 Å². The average molecular weight is 667 g/mol. The van der Waals surface area contributed by atoms with Crippen LogP contribution in [-0.4, -0.2) is 80.2 Å². The molecular weight excluding hydrogens is 611 g/mol. The lowest BCUT2D eigenvalue weighted by molar-refractivity contribution is -0.130. The van der Waals surface area contributed by atoms with Crippen LogP contribution in [0.4, 0.5) is 4.39 Å². The second kappa shape index (κ2) is 16.0. The fraction of sp³-hybridized carbons (Fsp3) is 0.641. The summed E-state index contributed by atoms with van der Waals surface area (Å²) in [5, 5.41) is 10.1. The third-order valence-electron chi connectivity index (χ3n) is 10.5. The summed E-state index contributed by atoms with van der Waals surface area (Å²) in [5.74, 6) is 4.20. The quantitative estimate of drug-likeness (QED) is 0.274. The van der Waals surface area contributed by atoms with Gasteiger partial charge in [-0.2, -0.15) is 0 Å². The Morgan fingerprint density at radius 2 is 1.27 bits per heavy atom. The third kappa shape index (κ3) is 8.16. The molecule has 6 rings (SSSR count). The molecular formula is C39H55FN2O6. The number of phenols is 1. The highest BCUT2D eigenvalue weighted by molar-refractivity contribution is 5.83. The average Bonchev–Trinajstić information content (AvgIpc) is 3.05. The first-order valence-corrected chi connectivity index (χ1v) is 17.9. The van der Waals surface area contributed by atoms with Crippen molar-refractivity contribution in [2.45, 2.75) is 84.7 Å². The number of nitrogens with zero attached hydrogens (tertiary/aromatic N) is 2. The van der Waals surface area contributed by atoms with Gasteiger partial charge in [-0.05, 0) is 84.0 Å². The smallest absolute Gasteiger partial charge is 0.161 e. The molecule has 2 aromatic carbocycles. The molecule has 2 aromatic rings. The number of fused-ring (bicyclic) bond motifs is 6. The first-order valence-electron chi connectivity index (χ1n) is 17.9. The molecule has 2 saturated heterocycles. The van der Waals surface area contributed by atoms with Crippen LogP contribution in [0.3, 0.4) is 0 Å². The number of aromatic hydroxyl groups is 1. The molecule has 0 saturated carbocycles. The molecule has 48 heavy (non-hydrogen) atoms. The van der Waals surface area contributed by atoms with Gasteiger partial charge in [0.05, 0.1) is 27.5 Å². The fourth-order valence-electron chi connectivity index (χ4n) is 8.15. The van der Waals surface area contributed by atoms with Gasteiger partial charge < -0.3 is 19.3 Å².